The van der Waals surface area contributed by atoms with Gasteiger partial charge in [-0.2, -0.15) is 5.26 Å². The molecule has 0 heterocycles. The van der Waals surface area contributed by atoms with Gasteiger partial charge in [0.15, 0.2) is 0 Å². The van der Waals surface area contributed by atoms with Gasteiger partial charge in [-0.05, 0) is 23.8 Å². The van der Waals surface area contributed by atoms with E-state index in [1.807, 2.05) is 12.1 Å². The molecular weight excluding hydrogens is 255 g/mol. The number of hydrogen-bond donors (Lipinski definition) is 1. The molecule has 4 heteroatoms. The molecule has 0 bridgehead atoms. The Balaban J connectivity index is 2.06. The van der Waals surface area contributed by atoms with E-state index in [0.29, 0.717) is 12.1 Å². The number of nitrogens with zero attached hydrogens (tertiary/aromatic N) is 1. The second-order valence-corrected chi connectivity index (χ2v) is 4.31. The van der Waals surface area contributed by atoms with Crippen LogP contribution in [0.5, 0.6) is 5.75 Å². The van der Waals surface area contributed by atoms with E-state index in [1.54, 1.807) is 37.4 Å². The first-order chi connectivity index (χ1) is 9.74. The lowest BCUT2D eigenvalue weighted by atomic mass is 10.1. The van der Waals surface area contributed by atoms with Crippen LogP contribution in [0.15, 0.2) is 48.5 Å². The van der Waals surface area contributed by atoms with E-state index in [1.165, 1.54) is 6.07 Å². The van der Waals surface area contributed by atoms with Crippen molar-refractivity contribution in [2.75, 3.05) is 7.11 Å². The normalized spacial score (nSPS) is 11.7. The number of rotatable bonds is 5. The molecule has 0 fully saturated rings. The molecule has 102 valence electrons. The highest BCUT2D eigenvalue weighted by Gasteiger charge is 2.11. The van der Waals surface area contributed by atoms with Crippen molar-refractivity contribution in [3.63, 3.8) is 0 Å². The third kappa shape index (κ3) is 3.34. The smallest absolute Gasteiger partial charge is 0.127 e. The SMILES string of the molecule is COc1ccc(C(C#N)NCc2ccccc2F)cc1. The van der Waals surface area contributed by atoms with Gasteiger partial charge in [-0.15, -0.1) is 0 Å². The summed E-state index contributed by atoms with van der Waals surface area (Å²) in [5, 5.41) is 12.3. The van der Waals surface area contributed by atoms with Crippen LogP contribution in [0.1, 0.15) is 17.2 Å². The van der Waals surface area contributed by atoms with E-state index in [0.717, 1.165) is 11.3 Å². The van der Waals surface area contributed by atoms with Gasteiger partial charge in [0, 0.05) is 12.1 Å². The van der Waals surface area contributed by atoms with E-state index in [-0.39, 0.29) is 5.82 Å². The molecule has 0 saturated carbocycles. The van der Waals surface area contributed by atoms with Crippen molar-refractivity contribution in [1.82, 2.24) is 5.32 Å². The largest absolute Gasteiger partial charge is 0.497 e. The third-order valence-corrected chi connectivity index (χ3v) is 3.03. The summed E-state index contributed by atoms with van der Waals surface area (Å²) in [6, 6.07) is 15.4. The summed E-state index contributed by atoms with van der Waals surface area (Å²) in [4.78, 5) is 0. The quantitative estimate of drug-likeness (QED) is 0.907. The molecule has 0 aliphatic heterocycles. The van der Waals surface area contributed by atoms with Crippen LogP contribution in [0.4, 0.5) is 4.39 Å². The van der Waals surface area contributed by atoms with Crippen molar-refractivity contribution in [1.29, 1.82) is 5.26 Å². The molecule has 20 heavy (non-hydrogen) atoms. The zero-order valence-corrected chi connectivity index (χ0v) is 11.1. The molecule has 2 rings (SSSR count). The van der Waals surface area contributed by atoms with E-state index in [2.05, 4.69) is 11.4 Å². The summed E-state index contributed by atoms with van der Waals surface area (Å²) in [6.07, 6.45) is 0. The Kier molecular flexibility index (Phi) is 4.70. The number of methoxy groups -OCH3 is 1. The van der Waals surface area contributed by atoms with Gasteiger partial charge in [-0.3, -0.25) is 5.32 Å². The summed E-state index contributed by atoms with van der Waals surface area (Å²) < 4.78 is 18.6. The number of hydrogen-bond acceptors (Lipinski definition) is 3. The average Bonchev–Trinajstić information content (AvgIpc) is 2.50. The minimum atomic E-state index is -0.486. The van der Waals surface area contributed by atoms with Crippen molar-refractivity contribution in [3.05, 3.63) is 65.5 Å². The molecule has 1 N–H and O–H groups in total. The maximum Gasteiger partial charge on any atom is 0.127 e. The molecule has 1 atom stereocenters. The van der Waals surface area contributed by atoms with E-state index in [9.17, 15) is 9.65 Å². The second-order valence-electron chi connectivity index (χ2n) is 4.31. The van der Waals surface area contributed by atoms with Crippen molar-refractivity contribution in [2.24, 2.45) is 0 Å². The van der Waals surface area contributed by atoms with Crippen LogP contribution in [0.25, 0.3) is 0 Å². The van der Waals surface area contributed by atoms with Gasteiger partial charge in [0.05, 0.1) is 13.2 Å². The molecular formula is C16H15FN2O. The van der Waals surface area contributed by atoms with Crippen LogP contribution >= 0.6 is 0 Å². The maximum atomic E-state index is 13.5. The van der Waals surface area contributed by atoms with Crippen LogP contribution in [0.3, 0.4) is 0 Å². The summed E-state index contributed by atoms with van der Waals surface area (Å²) in [7, 11) is 1.59. The summed E-state index contributed by atoms with van der Waals surface area (Å²) >= 11 is 0. The standard InChI is InChI=1S/C16H15FN2O/c1-20-14-8-6-12(7-9-14)16(10-18)19-11-13-4-2-3-5-15(13)17/h2-9,16,19H,11H2,1H3. The highest BCUT2D eigenvalue weighted by atomic mass is 19.1. The Morgan fingerprint density at radius 3 is 2.50 bits per heavy atom. The molecule has 3 nitrogen and oxygen atoms in total. The zero-order chi connectivity index (χ0) is 14.4. The predicted octanol–water partition coefficient (Wildman–Crippen LogP) is 3.19. The number of benzene rings is 2. The molecule has 0 radical (unpaired) electrons. The Labute approximate surface area is 117 Å². The highest BCUT2D eigenvalue weighted by Crippen LogP contribution is 2.18. The van der Waals surface area contributed by atoms with Gasteiger partial charge >= 0.3 is 0 Å². The Morgan fingerprint density at radius 2 is 1.90 bits per heavy atom. The van der Waals surface area contributed by atoms with Gasteiger partial charge in [0.2, 0.25) is 0 Å². The minimum Gasteiger partial charge on any atom is -0.497 e. The molecule has 0 spiro atoms. The highest BCUT2D eigenvalue weighted by molar-refractivity contribution is 5.31. The van der Waals surface area contributed by atoms with Crippen LogP contribution in [-0.4, -0.2) is 7.11 Å². The zero-order valence-electron chi connectivity index (χ0n) is 11.1. The lowest BCUT2D eigenvalue weighted by Gasteiger charge is -2.12. The molecule has 0 aliphatic carbocycles. The molecule has 0 aromatic heterocycles. The van der Waals surface area contributed by atoms with Crippen LogP contribution < -0.4 is 10.1 Å². The van der Waals surface area contributed by atoms with Crippen LogP contribution in [0.2, 0.25) is 0 Å². The average molecular weight is 270 g/mol. The molecule has 1 unspecified atom stereocenters. The minimum absolute atomic E-state index is 0.272. The Bertz CT molecular complexity index is 605. The predicted molar refractivity (Wildman–Crippen MR) is 74.6 cm³/mol. The number of nitriles is 1. The maximum absolute atomic E-state index is 13.5. The fraction of sp³-hybridized carbons (Fsp3) is 0.188. The van der Waals surface area contributed by atoms with E-state index < -0.39 is 6.04 Å². The molecule has 2 aromatic carbocycles. The first-order valence-electron chi connectivity index (χ1n) is 6.25. The van der Waals surface area contributed by atoms with Gasteiger partial charge in [0.1, 0.15) is 17.6 Å². The lowest BCUT2D eigenvalue weighted by molar-refractivity contribution is 0.414. The van der Waals surface area contributed by atoms with Crippen molar-refractivity contribution >= 4 is 0 Å². The summed E-state index contributed by atoms with van der Waals surface area (Å²) in [5.41, 5.74) is 1.37. The topological polar surface area (TPSA) is 45.0 Å². The monoisotopic (exact) mass is 270 g/mol. The third-order valence-electron chi connectivity index (χ3n) is 3.03. The number of halogens is 1. The van der Waals surface area contributed by atoms with Crippen LogP contribution in [0, 0.1) is 17.1 Å². The van der Waals surface area contributed by atoms with Crippen molar-refractivity contribution < 1.29 is 9.13 Å². The number of ether oxygens (including phenoxy) is 1. The second kappa shape index (κ2) is 6.69. The lowest BCUT2D eigenvalue weighted by Crippen LogP contribution is -2.20. The van der Waals surface area contributed by atoms with Crippen LogP contribution in [-0.2, 0) is 6.54 Å². The van der Waals surface area contributed by atoms with Gasteiger partial charge < -0.3 is 4.74 Å². The van der Waals surface area contributed by atoms with Crippen molar-refractivity contribution in [3.8, 4) is 11.8 Å². The molecule has 2 aromatic rings. The van der Waals surface area contributed by atoms with E-state index in [4.69, 9.17) is 4.74 Å². The summed E-state index contributed by atoms with van der Waals surface area (Å²) in [6.45, 7) is 0.303. The Hall–Kier alpha value is -2.38. The molecule has 0 aliphatic rings. The van der Waals surface area contributed by atoms with Gasteiger partial charge in [-0.1, -0.05) is 30.3 Å². The molecule has 0 saturated heterocycles. The van der Waals surface area contributed by atoms with Gasteiger partial charge in [0.25, 0.3) is 0 Å². The fourth-order valence-corrected chi connectivity index (χ4v) is 1.89. The Morgan fingerprint density at radius 1 is 1.20 bits per heavy atom. The summed E-state index contributed by atoms with van der Waals surface area (Å²) in [5.74, 6) is 0.464. The van der Waals surface area contributed by atoms with Crippen molar-refractivity contribution in [2.45, 2.75) is 12.6 Å². The number of nitrogens with one attached hydrogen (secondary N) is 1. The van der Waals surface area contributed by atoms with Gasteiger partial charge in [-0.25, -0.2) is 4.39 Å². The van der Waals surface area contributed by atoms with E-state index >= 15 is 0 Å². The molecule has 0 amide bonds. The first-order valence-corrected chi connectivity index (χ1v) is 6.25. The fourth-order valence-electron chi connectivity index (χ4n) is 1.89. The first kappa shape index (κ1) is 14.0.